The highest BCUT2D eigenvalue weighted by Crippen LogP contribution is 2.33. The lowest BCUT2D eigenvalue weighted by Crippen LogP contribution is -2.28. The standard InChI is InChI=1S/C29H33N3O6/c1-36-26(17-9-10-18-27(34)32-24-15-7-6-14-23(24)30)28(22-13-5-8-16-25(22)37-20-19-33)38-29(35)31-21-11-3-2-4-12-21/h2-8,10-16,18,26,28,33H,9,17,19-20,30H2,1H3,(H,31,35)(H,32,34)/b18-10+/t26-,28-/m0/s1. The van der Waals surface area contributed by atoms with E-state index in [0.717, 1.165) is 0 Å². The number of ether oxygens (including phenoxy) is 3. The summed E-state index contributed by atoms with van der Waals surface area (Å²) >= 11 is 0. The molecule has 0 fully saturated rings. The maximum atomic E-state index is 12.8. The van der Waals surface area contributed by atoms with Crippen LogP contribution >= 0.6 is 0 Å². The first-order chi connectivity index (χ1) is 18.5. The average molecular weight is 520 g/mol. The van der Waals surface area contributed by atoms with Gasteiger partial charge in [-0.3, -0.25) is 10.1 Å². The van der Waals surface area contributed by atoms with E-state index in [2.05, 4.69) is 10.6 Å². The number of aliphatic hydroxyl groups excluding tert-OH is 1. The van der Waals surface area contributed by atoms with Crippen LogP contribution < -0.4 is 21.1 Å². The summed E-state index contributed by atoms with van der Waals surface area (Å²) in [7, 11) is 1.53. The molecular formula is C29H33N3O6. The number of amides is 2. The SMILES string of the molecule is CO[C@@H](CC/C=C/C(=O)Nc1ccccc1N)[C@@H](OC(=O)Nc1ccccc1)c1ccccc1OCCO. The third-order valence-corrected chi connectivity index (χ3v) is 5.57. The van der Waals surface area contributed by atoms with Crippen LogP contribution in [-0.4, -0.2) is 43.5 Å². The van der Waals surface area contributed by atoms with Gasteiger partial charge in [0.2, 0.25) is 5.91 Å². The lowest BCUT2D eigenvalue weighted by molar-refractivity contribution is -0.111. The van der Waals surface area contributed by atoms with E-state index in [9.17, 15) is 14.7 Å². The highest BCUT2D eigenvalue weighted by atomic mass is 16.6. The second kappa shape index (κ2) is 15.0. The number of nitrogen functional groups attached to an aromatic ring is 1. The minimum atomic E-state index is -0.829. The number of para-hydroxylation sites is 4. The quantitative estimate of drug-likeness (QED) is 0.186. The number of aliphatic hydroxyl groups is 1. The van der Waals surface area contributed by atoms with Crippen molar-refractivity contribution in [2.24, 2.45) is 0 Å². The molecule has 3 aromatic rings. The third kappa shape index (κ3) is 8.65. The van der Waals surface area contributed by atoms with E-state index in [-0.39, 0.29) is 19.1 Å². The van der Waals surface area contributed by atoms with Crippen LogP contribution in [0.25, 0.3) is 0 Å². The fourth-order valence-corrected chi connectivity index (χ4v) is 3.76. The fraction of sp³-hybridized carbons (Fsp3) is 0.241. The second-order valence-electron chi connectivity index (χ2n) is 8.26. The Kier molecular flexibility index (Phi) is 11.2. The van der Waals surface area contributed by atoms with Crippen molar-refractivity contribution < 1.29 is 28.9 Å². The fourth-order valence-electron chi connectivity index (χ4n) is 3.76. The van der Waals surface area contributed by atoms with Gasteiger partial charge in [0.1, 0.15) is 12.4 Å². The van der Waals surface area contributed by atoms with E-state index in [4.69, 9.17) is 19.9 Å². The van der Waals surface area contributed by atoms with Gasteiger partial charge >= 0.3 is 6.09 Å². The van der Waals surface area contributed by atoms with Crippen LogP contribution in [0.15, 0.2) is 91.0 Å². The largest absolute Gasteiger partial charge is 0.491 e. The Labute approximate surface area is 222 Å². The number of hydrogen-bond acceptors (Lipinski definition) is 7. The number of allylic oxidation sites excluding steroid dienone is 1. The van der Waals surface area contributed by atoms with Crippen molar-refractivity contribution in [1.82, 2.24) is 0 Å². The normalized spacial score (nSPS) is 12.5. The molecule has 2 atom stereocenters. The number of anilines is 3. The van der Waals surface area contributed by atoms with Gasteiger partial charge in [-0.05, 0) is 49.2 Å². The van der Waals surface area contributed by atoms with E-state index < -0.39 is 18.3 Å². The summed E-state index contributed by atoms with van der Waals surface area (Å²) < 4.78 is 17.3. The van der Waals surface area contributed by atoms with Crippen molar-refractivity contribution in [2.45, 2.75) is 25.0 Å². The molecule has 0 radical (unpaired) electrons. The summed E-state index contributed by atoms with van der Waals surface area (Å²) in [5.41, 5.74) is 8.07. The molecule has 38 heavy (non-hydrogen) atoms. The first-order valence-corrected chi connectivity index (χ1v) is 12.2. The molecule has 0 aromatic heterocycles. The molecule has 2 amide bonds. The van der Waals surface area contributed by atoms with Gasteiger partial charge in [-0.25, -0.2) is 4.79 Å². The van der Waals surface area contributed by atoms with Crippen LogP contribution in [0.1, 0.15) is 24.5 Å². The number of carbonyl (C=O) groups excluding carboxylic acids is 2. The zero-order valence-corrected chi connectivity index (χ0v) is 21.2. The molecule has 0 unspecified atom stereocenters. The zero-order chi connectivity index (χ0) is 27.2. The number of methoxy groups -OCH3 is 1. The first-order valence-electron chi connectivity index (χ1n) is 12.2. The third-order valence-electron chi connectivity index (χ3n) is 5.57. The summed E-state index contributed by atoms with van der Waals surface area (Å²) in [6.45, 7) is -0.0785. The summed E-state index contributed by atoms with van der Waals surface area (Å²) in [4.78, 5) is 25.1. The van der Waals surface area contributed by atoms with Crippen molar-refractivity contribution in [3.05, 3.63) is 96.6 Å². The molecule has 0 saturated heterocycles. The Hall–Kier alpha value is -4.34. The molecule has 0 spiro atoms. The number of nitrogens with one attached hydrogen (secondary N) is 2. The number of carbonyl (C=O) groups is 2. The summed E-state index contributed by atoms with van der Waals surface area (Å²) in [6.07, 6.45) is 2.00. The Morgan fingerprint density at radius 1 is 0.974 bits per heavy atom. The monoisotopic (exact) mass is 519 g/mol. The highest BCUT2D eigenvalue weighted by Gasteiger charge is 2.29. The van der Waals surface area contributed by atoms with Crippen molar-refractivity contribution >= 4 is 29.1 Å². The van der Waals surface area contributed by atoms with E-state index in [0.29, 0.717) is 41.2 Å². The van der Waals surface area contributed by atoms with Crippen molar-refractivity contribution in [3.8, 4) is 5.75 Å². The predicted molar refractivity (Wildman–Crippen MR) is 147 cm³/mol. The lowest BCUT2D eigenvalue weighted by Gasteiger charge is -2.27. The van der Waals surface area contributed by atoms with E-state index in [1.807, 2.05) is 6.07 Å². The molecule has 0 aliphatic heterocycles. The van der Waals surface area contributed by atoms with Crippen LogP contribution in [0.5, 0.6) is 5.75 Å². The molecule has 0 saturated carbocycles. The molecule has 5 N–H and O–H groups in total. The van der Waals surface area contributed by atoms with Gasteiger partial charge in [0.25, 0.3) is 0 Å². The van der Waals surface area contributed by atoms with Crippen molar-refractivity contribution in [3.63, 3.8) is 0 Å². The molecule has 3 aromatic carbocycles. The number of rotatable bonds is 13. The maximum absolute atomic E-state index is 12.8. The van der Waals surface area contributed by atoms with E-state index >= 15 is 0 Å². The van der Waals surface area contributed by atoms with Gasteiger partial charge in [-0.1, -0.05) is 54.6 Å². The first kappa shape index (κ1) is 28.2. The second-order valence-corrected chi connectivity index (χ2v) is 8.26. The molecule has 0 aliphatic rings. The van der Waals surface area contributed by atoms with Gasteiger partial charge in [-0.2, -0.15) is 0 Å². The maximum Gasteiger partial charge on any atom is 0.412 e. The number of benzene rings is 3. The Bertz CT molecular complexity index is 1200. The van der Waals surface area contributed by atoms with Gasteiger partial charge in [-0.15, -0.1) is 0 Å². The van der Waals surface area contributed by atoms with E-state index in [1.165, 1.54) is 13.2 Å². The average Bonchev–Trinajstić information content (AvgIpc) is 2.93. The number of nitrogens with two attached hydrogens (primary N) is 1. The predicted octanol–water partition coefficient (Wildman–Crippen LogP) is 4.92. The van der Waals surface area contributed by atoms with Crippen molar-refractivity contribution in [1.29, 1.82) is 0 Å². The van der Waals surface area contributed by atoms with Crippen LogP contribution in [-0.2, 0) is 14.3 Å². The van der Waals surface area contributed by atoms with Crippen LogP contribution in [0.4, 0.5) is 21.9 Å². The van der Waals surface area contributed by atoms with Crippen LogP contribution in [0, 0.1) is 0 Å². The van der Waals surface area contributed by atoms with Gasteiger partial charge in [0.15, 0.2) is 6.10 Å². The highest BCUT2D eigenvalue weighted by molar-refractivity contribution is 6.01. The lowest BCUT2D eigenvalue weighted by atomic mass is 9.99. The minimum absolute atomic E-state index is 0.0847. The van der Waals surface area contributed by atoms with Crippen molar-refractivity contribution in [2.75, 3.05) is 36.7 Å². The molecule has 0 aliphatic carbocycles. The van der Waals surface area contributed by atoms with Gasteiger partial charge in [0.05, 0.1) is 24.1 Å². The molecule has 0 heterocycles. The summed E-state index contributed by atoms with van der Waals surface area (Å²) in [5.74, 6) is 0.158. The minimum Gasteiger partial charge on any atom is -0.491 e. The Morgan fingerprint density at radius 2 is 1.68 bits per heavy atom. The van der Waals surface area contributed by atoms with Crippen LogP contribution in [0.3, 0.4) is 0 Å². The zero-order valence-electron chi connectivity index (χ0n) is 21.2. The topological polar surface area (TPSA) is 132 Å². The number of hydrogen-bond donors (Lipinski definition) is 4. The molecular weight excluding hydrogens is 486 g/mol. The summed E-state index contributed by atoms with van der Waals surface area (Å²) in [6, 6.07) is 23.1. The molecule has 9 heteroatoms. The Balaban J connectivity index is 1.72. The smallest absolute Gasteiger partial charge is 0.412 e. The molecule has 0 bridgehead atoms. The van der Waals surface area contributed by atoms with Crippen LogP contribution in [0.2, 0.25) is 0 Å². The Morgan fingerprint density at radius 3 is 2.42 bits per heavy atom. The molecule has 9 nitrogen and oxygen atoms in total. The van der Waals surface area contributed by atoms with Gasteiger partial charge in [0, 0.05) is 18.4 Å². The van der Waals surface area contributed by atoms with E-state index in [1.54, 1.807) is 78.9 Å². The molecule has 3 rings (SSSR count). The molecule has 200 valence electrons. The summed E-state index contributed by atoms with van der Waals surface area (Å²) in [5, 5.41) is 14.7. The van der Waals surface area contributed by atoms with Gasteiger partial charge < -0.3 is 30.4 Å².